The smallest absolute Gasteiger partial charge is 0.337 e. The summed E-state index contributed by atoms with van der Waals surface area (Å²) in [6, 6.07) is 3.74. The Kier molecular flexibility index (Phi) is 3.37. The first-order valence-corrected chi connectivity index (χ1v) is 5.70. The largest absolute Gasteiger partial charge is 0.478 e. The maximum Gasteiger partial charge on any atom is 0.337 e. The summed E-state index contributed by atoms with van der Waals surface area (Å²) in [5.41, 5.74) is 6.15. The van der Waals surface area contributed by atoms with Crippen molar-refractivity contribution in [2.45, 2.75) is 18.9 Å². The van der Waals surface area contributed by atoms with Gasteiger partial charge in [-0.3, -0.25) is 14.9 Å². The number of nitrogen functional groups attached to an aromatic ring is 1. The van der Waals surface area contributed by atoms with Crippen LogP contribution in [-0.4, -0.2) is 28.9 Å². The molecule has 1 aliphatic rings. The van der Waals surface area contributed by atoms with E-state index in [2.05, 4.69) is 10.6 Å². The number of carbonyl (C=O) groups excluding carboxylic acids is 2. The Balaban J connectivity index is 2.21. The van der Waals surface area contributed by atoms with Crippen LogP contribution in [0.15, 0.2) is 18.2 Å². The Bertz CT molecular complexity index is 556. The van der Waals surface area contributed by atoms with Gasteiger partial charge in [-0.1, -0.05) is 0 Å². The fourth-order valence-electron chi connectivity index (χ4n) is 1.88. The van der Waals surface area contributed by atoms with Crippen molar-refractivity contribution < 1.29 is 19.5 Å². The number of carbonyl (C=O) groups is 3. The molecule has 7 heteroatoms. The zero-order valence-electron chi connectivity index (χ0n) is 9.97. The first kappa shape index (κ1) is 12.9. The van der Waals surface area contributed by atoms with Gasteiger partial charge in [-0.25, -0.2) is 4.79 Å². The number of nitrogens with one attached hydrogen (secondary N) is 2. The van der Waals surface area contributed by atoms with Crippen molar-refractivity contribution in [1.82, 2.24) is 5.32 Å². The summed E-state index contributed by atoms with van der Waals surface area (Å²) >= 11 is 0. The van der Waals surface area contributed by atoms with E-state index < -0.39 is 17.9 Å². The maximum atomic E-state index is 11.6. The summed E-state index contributed by atoms with van der Waals surface area (Å²) < 4.78 is 0. The van der Waals surface area contributed by atoms with E-state index in [9.17, 15) is 14.4 Å². The Hall–Kier alpha value is -2.57. The van der Waals surface area contributed by atoms with Gasteiger partial charge in [0.25, 0.3) is 0 Å². The van der Waals surface area contributed by atoms with Crippen LogP contribution >= 0.6 is 0 Å². The molecule has 1 saturated heterocycles. The van der Waals surface area contributed by atoms with Crippen molar-refractivity contribution >= 4 is 29.2 Å². The second-order valence-electron chi connectivity index (χ2n) is 4.26. The fourth-order valence-corrected chi connectivity index (χ4v) is 1.88. The average molecular weight is 263 g/mol. The van der Waals surface area contributed by atoms with Crippen LogP contribution in [0.2, 0.25) is 0 Å². The average Bonchev–Trinajstić information content (AvgIpc) is 2.34. The summed E-state index contributed by atoms with van der Waals surface area (Å²) in [6.45, 7) is 0. The highest BCUT2D eigenvalue weighted by Crippen LogP contribution is 2.21. The Morgan fingerprint density at radius 3 is 2.79 bits per heavy atom. The molecule has 0 aromatic heterocycles. The number of aromatic carboxylic acids is 1. The number of anilines is 2. The van der Waals surface area contributed by atoms with E-state index in [4.69, 9.17) is 10.8 Å². The van der Waals surface area contributed by atoms with Gasteiger partial charge in [0, 0.05) is 17.8 Å². The number of benzene rings is 1. The van der Waals surface area contributed by atoms with Crippen LogP contribution in [0.5, 0.6) is 0 Å². The van der Waals surface area contributed by atoms with Crippen molar-refractivity contribution in [2.24, 2.45) is 0 Å². The topological polar surface area (TPSA) is 122 Å². The van der Waals surface area contributed by atoms with E-state index in [-0.39, 0.29) is 17.9 Å². The Morgan fingerprint density at radius 2 is 2.16 bits per heavy atom. The molecule has 1 aromatic rings. The summed E-state index contributed by atoms with van der Waals surface area (Å²) in [4.78, 5) is 33.7. The van der Waals surface area contributed by atoms with Crippen LogP contribution in [0, 0.1) is 0 Å². The van der Waals surface area contributed by atoms with Crippen molar-refractivity contribution in [3.63, 3.8) is 0 Å². The van der Waals surface area contributed by atoms with Gasteiger partial charge >= 0.3 is 5.97 Å². The quantitative estimate of drug-likeness (QED) is 0.456. The van der Waals surface area contributed by atoms with Crippen LogP contribution < -0.4 is 16.4 Å². The Morgan fingerprint density at radius 1 is 1.42 bits per heavy atom. The molecule has 1 aliphatic heterocycles. The second kappa shape index (κ2) is 4.97. The third-order valence-electron chi connectivity index (χ3n) is 2.84. The van der Waals surface area contributed by atoms with Gasteiger partial charge in [0.15, 0.2) is 0 Å². The van der Waals surface area contributed by atoms with E-state index in [1.54, 1.807) is 6.07 Å². The van der Waals surface area contributed by atoms with E-state index in [0.717, 1.165) is 0 Å². The predicted molar refractivity (Wildman–Crippen MR) is 67.6 cm³/mol. The number of nitrogens with two attached hydrogens (primary N) is 1. The van der Waals surface area contributed by atoms with Crippen LogP contribution in [0.1, 0.15) is 23.2 Å². The lowest BCUT2D eigenvalue weighted by atomic mass is 10.0. The number of imide groups is 1. The number of carboxylic acid groups (broad SMARTS) is 1. The summed E-state index contributed by atoms with van der Waals surface area (Å²) in [5.74, 6) is -1.91. The number of amides is 2. The molecule has 1 atom stereocenters. The minimum Gasteiger partial charge on any atom is -0.478 e. The van der Waals surface area contributed by atoms with Crippen molar-refractivity contribution in [3.8, 4) is 0 Å². The van der Waals surface area contributed by atoms with Gasteiger partial charge in [-0.2, -0.15) is 0 Å². The molecule has 0 bridgehead atoms. The van der Waals surface area contributed by atoms with Crippen LogP contribution in [-0.2, 0) is 9.59 Å². The van der Waals surface area contributed by atoms with Gasteiger partial charge in [0.05, 0.1) is 5.56 Å². The standard InChI is InChI=1S/C12H13N3O4/c13-6-1-2-8(7(5-6)12(18)19)14-9-3-4-10(16)15-11(9)17/h1-2,5,9,14H,3-4,13H2,(H,18,19)(H,15,16,17). The van der Waals surface area contributed by atoms with E-state index >= 15 is 0 Å². The highest BCUT2D eigenvalue weighted by Gasteiger charge is 2.27. The number of hydrogen-bond acceptors (Lipinski definition) is 5. The normalized spacial score (nSPS) is 18.8. The van der Waals surface area contributed by atoms with E-state index in [0.29, 0.717) is 17.8 Å². The number of carboxylic acids is 1. The molecule has 1 aromatic carbocycles. The number of piperidine rings is 1. The molecule has 0 saturated carbocycles. The molecule has 0 aliphatic carbocycles. The molecule has 0 spiro atoms. The fraction of sp³-hybridized carbons (Fsp3) is 0.250. The lowest BCUT2D eigenvalue weighted by Crippen LogP contribution is -2.47. The van der Waals surface area contributed by atoms with E-state index in [1.807, 2.05) is 0 Å². The highest BCUT2D eigenvalue weighted by molar-refractivity contribution is 6.02. The minimum atomic E-state index is -1.14. The van der Waals surface area contributed by atoms with Crippen molar-refractivity contribution in [1.29, 1.82) is 0 Å². The Labute approximate surface area is 108 Å². The maximum absolute atomic E-state index is 11.6. The molecule has 7 nitrogen and oxygen atoms in total. The van der Waals surface area contributed by atoms with E-state index in [1.165, 1.54) is 12.1 Å². The summed E-state index contributed by atoms with van der Waals surface area (Å²) in [6.07, 6.45) is 0.550. The molecule has 2 amide bonds. The predicted octanol–water partition coefficient (Wildman–Crippen LogP) is 0.184. The molecule has 5 N–H and O–H groups in total. The molecular weight excluding hydrogens is 250 g/mol. The summed E-state index contributed by atoms with van der Waals surface area (Å²) in [7, 11) is 0. The highest BCUT2D eigenvalue weighted by atomic mass is 16.4. The van der Waals surface area contributed by atoms with Gasteiger partial charge in [0.2, 0.25) is 11.8 Å². The van der Waals surface area contributed by atoms with Gasteiger partial charge < -0.3 is 16.2 Å². The minimum absolute atomic E-state index is 0.00954. The lowest BCUT2D eigenvalue weighted by molar-refractivity contribution is -0.133. The molecular formula is C12H13N3O4. The lowest BCUT2D eigenvalue weighted by Gasteiger charge is -2.23. The zero-order valence-corrected chi connectivity index (χ0v) is 9.97. The molecule has 0 radical (unpaired) electrons. The first-order valence-electron chi connectivity index (χ1n) is 5.70. The molecule has 100 valence electrons. The SMILES string of the molecule is Nc1ccc(NC2CCC(=O)NC2=O)c(C(=O)O)c1. The van der Waals surface area contributed by atoms with Gasteiger partial charge in [-0.15, -0.1) is 0 Å². The van der Waals surface area contributed by atoms with Gasteiger partial charge in [-0.05, 0) is 24.6 Å². The molecule has 1 unspecified atom stereocenters. The zero-order chi connectivity index (χ0) is 14.0. The van der Waals surface area contributed by atoms with Gasteiger partial charge in [0.1, 0.15) is 6.04 Å². The van der Waals surface area contributed by atoms with Crippen LogP contribution in [0.3, 0.4) is 0 Å². The second-order valence-corrected chi connectivity index (χ2v) is 4.26. The van der Waals surface area contributed by atoms with Crippen LogP contribution in [0.25, 0.3) is 0 Å². The molecule has 2 rings (SSSR count). The molecule has 19 heavy (non-hydrogen) atoms. The van der Waals surface area contributed by atoms with Crippen LogP contribution in [0.4, 0.5) is 11.4 Å². The molecule has 1 heterocycles. The van der Waals surface area contributed by atoms with Crippen molar-refractivity contribution in [2.75, 3.05) is 11.1 Å². The summed E-state index contributed by atoms with van der Waals surface area (Å²) in [5, 5.41) is 14.1. The third-order valence-corrected chi connectivity index (χ3v) is 2.84. The molecule has 1 fully saturated rings. The third kappa shape index (κ3) is 2.82. The number of rotatable bonds is 3. The first-order chi connectivity index (χ1) is 8.97. The van der Waals surface area contributed by atoms with Crippen molar-refractivity contribution in [3.05, 3.63) is 23.8 Å². The monoisotopic (exact) mass is 263 g/mol. The number of hydrogen-bond donors (Lipinski definition) is 4.